The van der Waals surface area contributed by atoms with Crippen LogP contribution in [0.4, 0.5) is 0 Å². The highest BCUT2D eigenvalue weighted by Gasteiger charge is 2.20. The second-order valence-electron chi connectivity index (χ2n) is 6.67. The molecule has 2 heterocycles. The first-order valence-corrected chi connectivity index (χ1v) is 8.86. The van der Waals surface area contributed by atoms with Gasteiger partial charge in [-0.2, -0.15) is 5.10 Å². The molecule has 1 N–H and O–H groups in total. The second kappa shape index (κ2) is 7.66. The van der Waals surface area contributed by atoms with Gasteiger partial charge in [-0.05, 0) is 27.0 Å². The topological polar surface area (TPSA) is 63.1 Å². The number of nitrogens with zero attached hydrogens (tertiary/aromatic N) is 4. The zero-order valence-corrected chi connectivity index (χ0v) is 15.7. The molecule has 2 aromatic heterocycles. The average Bonchev–Trinajstić information content (AvgIpc) is 3.09. The van der Waals surface area contributed by atoms with E-state index in [-0.39, 0.29) is 11.9 Å². The Morgan fingerprint density at radius 2 is 2.00 bits per heavy atom. The highest BCUT2D eigenvalue weighted by Crippen LogP contribution is 2.27. The molecule has 0 saturated heterocycles. The zero-order valence-electron chi connectivity index (χ0n) is 15.7. The number of hydrogen-bond acceptors (Lipinski definition) is 4. The van der Waals surface area contributed by atoms with Gasteiger partial charge in [0.2, 0.25) is 0 Å². The molecule has 0 atom stereocenters. The van der Waals surface area contributed by atoms with Gasteiger partial charge in [-0.3, -0.25) is 4.79 Å². The van der Waals surface area contributed by atoms with Gasteiger partial charge in [-0.25, -0.2) is 9.67 Å². The molecule has 3 rings (SSSR count). The fourth-order valence-electron chi connectivity index (χ4n) is 2.92. The standard InChI is InChI=1S/C20H25N5O/c1-14(2)25-19-17(13-22-25)16(20(26)24(4)11-10-21-3)12-18(23-19)15-8-6-5-7-9-15/h5-9,12-14,21H,10-11H2,1-4H3. The van der Waals surface area contributed by atoms with Gasteiger partial charge >= 0.3 is 0 Å². The fraction of sp³-hybridized carbons (Fsp3) is 0.350. The Hall–Kier alpha value is -2.73. The lowest BCUT2D eigenvalue weighted by Gasteiger charge is -2.18. The predicted molar refractivity (Wildman–Crippen MR) is 104 cm³/mol. The van der Waals surface area contributed by atoms with Gasteiger partial charge in [0, 0.05) is 31.7 Å². The van der Waals surface area contributed by atoms with Crippen molar-refractivity contribution >= 4 is 16.9 Å². The summed E-state index contributed by atoms with van der Waals surface area (Å²) in [6.07, 6.45) is 1.75. The lowest BCUT2D eigenvalue weighted by molar-refractivity contribution is 0.0798. The van der Waals surface area contributed by atoms with Crippen LogP contribution in [0, 0.1) is 0 Å². The maximum atomic E-state index is 13.1. The molecule has 1 amide bonds. The van der Waals surface area contributed by atoms with Crippen molar-refractivity contribution in [3.8, 4) is 11.3 Å². The number of hydrogen-bond donors (Lipinski definition) is 1. The predicted octanol–water partition coefficient (Wildman–Crippen LogP) is 2.97. The summed E-state index contributed by atoms with van der Waals surface area (Å²) in [5, 5.41) is 8.33. The van der Waals surface area contributed by atoms with E-state index >= 15 is 0 Å². The summed E-state index contributed by atoms with van der Waals surface area (Å²) in [5.41, 5.74) is 3.15. The molecular weight excluding hydrogens is 326 g/mol. The minimum Gasteiger partial charge on any atom is -0.340 e. The number of likely N-dealkylation sites (N-methyl/N-ethyl adjacent to an activating group) is 2. The third-order valence-electron chi connectivity index (χ3n) is 4.40. The molecule has 0 fully saturated rings. The second-order valence-corrected chi connectivity index (χ2v) is 6.67. The molecule has 6 nitrogen and oxygen atoms in total. The van der Waals surface area contributed by atoms with Crippen molar-refractivity contribution in [1.29, 1.82) is 0 Å². The third-order valence-corrected chi connectivity index (χ3v) is 4.40. The summed E-state index contributed by atoms with van der Waals surface area (Å²) in [7, 11) is 3.70. The molecule has 0 bridgehead atoms. The Bertz CT molecular complexity index is 901. The van der Waals surface area contributed by atoms with E-state index in [0.717, 1.165) is 28.8 Å². The van der Waals surface area contributed by atoms with Crippen LogP contribution in [0.2, 0.25) is 0 Å². The van der Waals surface area contributed by atoms with Gasteiger partial charge in [-0.15, -0.1) is 0 Å². The Morgan fingerprint density at radius 1 is 1.27 bits per heavy atom. The first-order chi connectivity index (χ1) is 12.5. The molecule has 0 unspecified atom stereocenters. The summed E-state index contributed by atoms with van der Waals surface area (Å²) in [6.45, 7) is 5.50. The Balaban J connectivity index is 2.16. The summed E-state index contributed by atoms with van der Waals surface area (Å²) in [6, 6.07) is 12.0. The van der Waals surface area contributed by atoms with Crippen LogP contribution in [-0.2, 0) is 0 Å². The van der Waals surface area contributed by atoms with Gasteiger partial charge in [-0.1, -0.05) is 30.3 Å². The van der Waals surface area contributed by atoms with Gasteiger partial charge in [0.15, 0.2) is 5.65 Å². The third kappa shape index (κ3) is 3.46. The summed E-state index contributed by atoms with van der Waals surface area (Å²) < 4.78 is 1.87. The number of aromatic nitrogens is 3. The van der Waals surface area contributed by atoms with Crippen molar-refractivity contribution < 1.29 is 4.79 Å². The number of amides is 1. The van der Waals surface area contributed by atoms with Crippen molar-refractivity contribution in [1.82, 2.24) is 25.0 Å². The van der Waals surface area contributed by atoms with Crippen LogP contribution in [0.25, 0.3) is 22.3 Å². The van der Waals surface area contributed by atoms with Crippen LogP contribution in [0.15, 0.2) is 42.6 Å². The molecule has 26 heavy (non-hydrogen) atoms. The summed E-state index contributed by atoms with van der Waals surface area (Å²) in [5.74, 6) is -0.0202. The van der Waals surface area contributed by atoms with E-state index < -0.39 is 0 Å². The van der Waals surface area contributed by atoms with Gasteiger partial charge in [0.1, 0.15) is 0 Å². The van der Waals surface area contributed by atoms with E-state index in [0.29, 0.717) is 12.1 Å². The van der Waals surface area contributed by atoms with Crippen molar-refractivity contribution in [2.45, 2.75) is 19.9 Å². The van der Waals surface area contributed by atoms with Crippen LogP contribution < -0.4 is 5.32 Å². The number of carbonyl (C=O) groups is 1. The van der Waals surface area contributed by atoms with Crippen molar-refractivity contribution in [3.05, 3.63) is 48.2 Å². The zero-order chi connectivity index (χ0) is 18.7. The van der Waals surface area contributed by atoms with E-state index in [9.17, 15) is 4.79 Å². The lowest BCUT2D eigenvalue weighted by atomic mass is 10.1. The number of benzene rings is 1. The lowest BCUT2D eigenvalue weighted by Crippen LogP contribution is -2.33. The summed E-state index contributed by atoms with van der Waals surface area (Å²) in [4.78, 5) is 19.6. The highest BCUT2D eigenvalue weighted by atomic mass is 16.2. The van der Waals surface area contributed by atoms with Crippen molar-refractivity contribution in [2.75, 3.05) is 27.2 Å². The molecular formula is C20H25N5O. The Kier molecular flexibility index (Phi) is 5.32. The number of fused-ring (bicyclic) bond motifs is 1. The molecule has 136 valence electrons. The van der Waals surface area contributed by atoms with E-state index in [2.05, 4.69) is 24.3 Å². The van der Waals surface area contributed by atoms with Crippen molar-refractivity contribution in [3.63, 3.8) is 0 Å². The average molecular weight is 351 g/mol. The maximum Gasteiger partial charge on any atom is 0.254 e. The summed E-state index contributed by atoms with van der Waals surface area (Å²) >= 11 is 0. The van der Waals surface area contributed by atoms with Gasteiger partial charge < -0.3 is 10.2 Å². The normalized spacial score (nSPS) is 11.3. The van der Waals surface area contributed by atoms with E-state index in [4.69, 9.17) is 4.98 Å². The molecule has 0 aliphatic carbocycles. The van der Waals surface area contributed by atoms with Crippen molar-refractivity contribution in [2.24, 2.45) is 0 Å². The molecule has 3 aromatic rings. The quantitative estimate of drug-likeness (QED) is 0.742. The minimum absolute atomic E-state index is 0.0202. The number of nitrogens with one attached hydrogen (secondary N) is 1. The molecule has 0 saturated carbocycles. The Labute approximate surface area is 153 Å². The smallest absolute Gasteiger partial charge is 0.254 e. The molecule has 6 heteroatoms. The van der Waals surface area contributed by atoms with Crippen LogP contribution >= 0.6 is 0 Å². The van der Waals surface area contributed by atoms with Crippen LogP contribution in [0.5, 0.6) is 0 Å². The molecule has 0 radical (unpaired) electrons. The first-order valence-electron chi connectivity index (χ1n) is 8.86. The molecule has 0 aliphatic heterocycles. The number of pyridine rings is 1. The molecule has 0 aliphatic rings. The first kappa shape index (κ1) is 18.1. The maximum absolute atomic E-state index is 13.1. The molecule has 0 spiro atoms. The van der Waals surface area contributed by atoms with Crippen LogP contribution in [-0.4, -0.2) is 52.8 Å². The fourth-order valence-corrected chi connectivity index (χ4v) is 2.92. The highest BCUT2D eigenvalue weighted by molar-refractivity contribution is 6.06. The van der Waals surface area contributed by atoms with Gasteiger partial charge in [0.25, 0.3) is 5.91 Å². The van der Waals surface area contributed by atoms with Crippen LogP contribution in [0.1, 0.15) is 30.2 Å². The minimum atomic E-state index is -0.0202. The van der Waals surface area contributed by atoms with E-state index in [1.54, 1.807) is 11.1 Å². The SMILES string of the molecule is CNCCN(C)C(=O)c1cc(-c2ccccc2)nc2c1cnn2C(C)C. The number of rotatable bonds is 6. The Morgan fingerprint density at radius 3 is 2.65 bits per heavy atom. The van der Waals surface area contributed by atoms with Gasteiger partial charge in [0.05, 0.1) is 22.8 Å². The van der Waals surface area contributed by atoms with E-state index in [1.165, 1.54) is 0 Å². The monoisotopic (exact) mass is 351 g/mol. The molecule has 1 aromatic carbocycles. The largest absolute Gasteiger partial charge is 0.340 e. The van der Waals surface area contributed by atoms with Crippen LogP contribution in [0.3, 0.4) is 0 Å². The number of carbonyl (C=O) groups excluding carboxylic acids is 1. The van der Waals surface area contributed by atoms with E-state index in [1.807, 2.05) is 55.2 Å².